The molecular weight excluding hydrogens is 532 g/mol. The summed E-state index contributed by atoms with van der Waals surface area (Å²) in [6, 6.07) is 22.3. The lowest BCUT2D eigenvalue weighted by Gasteiger charge is -2.48. The fourth-order valence-electron chi connectivity index (χ4n) is 5.48. The van der Waals surface area contributed by atoms with Gasteiger partial charge in [-0.25, -0.2) is 4.79 Å². The Kier molecular flexibility index (Phi) is 8.73. The summed E-state index contributed by atoms with van der Waals surface area (Å²) in [6.45, 7) is 9.85. The van der Waals surface area contributed by atoms with Crippen molar-refractivity contribution in [2.24, 2.45) is 5.41 Å². The van der Waals surface area contributed by atoms with Crippen molar-refractivity contribution in [1.29, 1.82) is 0 Å². The van der Waals surface area contributed by atoms with Crippen LogP contribution in [0.5, 0.6) is 5.75 Å². The molecule has 222 valence electrons. The number of para-hydroxylation sites is 1. The maximum atomic E-state index is 12.2. The van der Waals surface area contributed by atoms with Crippen LogP contribution in [0.4, 0.5) is 10.5 Å². The van der Waals surface area contributed by atoms with Gasteiger partial charge in [-0.15, -0.1) is 0 Å². The smallest absolute Gasteiger partial charge is 0.407 e. The zero-order chi connectivity index (χ0) is 29.7. The fraction of sp³-hybridized carbons (Fsp3) is 0.412. The molecule has 0 aromatic heterocycles. The average Bonchev–Trinajstić information content (AvgIpc) is 3.45. The summed E-state index contributed by atoms with van der Waals surface area (Å²) >= 11 is 0. The van der Waals surface area contributed by atoms with E-state index in [1.807, 2.05) is 57.2 Å². The number of carbonyl (C=O) groups is 2. The Morgan fingerprint density at radius 3 is 2.50 bits per heavy atom. The van der Waals surface area contributed by atoms with E-state index in [9.17, 15) is 9.59 Å². The van der Waals surface area contributed by atoms with Crippen LogP contribution in [0.25, 0.3) is 11.1 Å². The summed E-state index contributed by atoms with van der Waals surface area (Å²) < 4.78 is 22.2. The van der Waals surface area contributed by atoms with E-state index in [0.717, 1.165) is 66.2 Å². The summed E-state index contributed by atoms with van der Waals surface area (Å²) in [5.41, 5.74) is 5.75. The van der Waals surface area contributed by atoms with E-state index in [1.165, 1.54) is 7.11 Å². The molecule has 5 rings (SSSR count). The highest BCUT2D eigenvalue weighted by Crippen LogP contribution is 2.42. The second-order valence-corrected chi connectivity index (χ2v) is 12.3. The molecule has 1 amide bonds. The van der Waals surface area contributed by atoms with E-state index < -0.39 is 11.7 Å². The molecule has 1 spiro atoms. The molecule has 2 saturated heterocycles. The van der Waals surface area contributed by atoms with Crippen molar-refractivity contribution in [3.63, 3.8) is 0 Å². The van der Waals surface area contributed by atoms with Crippen LogP contribution < -0.4 is 15.0 Å². The predicted molar refractivity (Wildman–Crippen MR) is 162 cm³/mol. The summed E-state index contributed by atoms with van der Waals surface area (Å²) in [7, 11) is 1.39. The monoisotopic (exact) mass is 572 g/mol. The first-order valence-electron chi connectivity index (χ1n) is 14.4. The molecule has 0 atom stereocenters. The number of methoxy groups -OCH3 is 1. The number of amides is 1. The Morgan fingerprint density at radius 2 is 1.76 bits per heavy atom. The number of hydrogen-bond donors (Lipinski definition) is 1. The first kappa shape index (κ1) is 29.5. The molecule has 2 aliphatic rings. The third kappa shape index (κ3) is 7.42. The molecule has 8 heteroatoms. The SMILES string of the molecule is COC(=O)Cc1ccccc1OCc1cc(-c2cccc(CNC(=O)OC(C)(C)C)c2)cc(N2CC3(CCOC3)C2)c1. The van der Waals surface area contributed by atoms with Crippen molar-refractivity contribution in [2.45, 2.75) is 52.4 Å². The first-order valence-corrected chi connectivity index (χ1v) is 14.4. The van der Waals surface area contributed by atoms with Crippen LogP contribution in [-0.4, -0.2) is 51.1 Å². The highest BCUT2D eigenvalue weighted by molar-refractivity contribution is 5.74. The molecule has 0 saturated carbocycles. The quantitative estimate of drug-likeness (QED) is 0.320. The Morgan fingerprint density at radius 1 is 0.976 bits per heavy atom. The van der Waals surface area contributed by atoms with Gasteiger partial charge in [0.1, 0.15) is 18.0 Å². The normalized spacial score (nSPS) is 15.7. The highest BCUT2D eigenvalue weighted by Gasteiger charge is 2.46. The van der Waals surface area contributed by atoms with Gasteiger partial charge in [-0.1, -0.05) is 36.4 Å². The van der Waals surface area contributed by atoms with Gasteiger partial charge < -0.3 is 29.2 Å². The van der Waals surface area contributed by atoms with Crippen LogP contribution in [0.1, 0.15) is 43.9 Å². The fourth-order valence-corrected chi connectivity index (χ4v) is 5.48. The Balaban J connectivity index is 1.37. The number of nitrogens with one attached hydrogen (secondary N) is 1. The van der Waals surface area contributed by atoms with Crippen LogP contribution in [0.15, 0.2) is 66.7 Å². The molecule has 3 aromatic rings. The summed E-state index contributed by atoms with van der Waals surface area (Å²) in [6.07, 6.45) is 0.812. The van der Waals surface area contributed by atoms with E-state index in [2.05, 4.69) is 40.5 Å². The van der Waals surface area contributed by atoms with Crippen molar-refractivity contribution in [1.82, 2.24) is 5.32 Å². The van der Waals surface area contributed by atoms with Crippen molar-refractivity contribution >= 4 is 17.7 Å². The maximum Gasteiger partial charge on any atom is 0.407 e. The van der Waals surface area contributed by atoms with Gasteiger partial charge in [0.15, 0.2) is 0 Å². The van der Waals surface area contributed by atoms with Crippen LogP contribution in [-0.2, 0) is 38.6 Å². The van der Waals surface area contributed by atoms with Crippen molar-refractivity contribution in [3.05, 3.63) is 83.4 Å². The van der Waals surface area contributed by atoms with Crippen molar-refractivity contribution in [3.8, 4) is 16.9 Å². The average molecular weight is 573 g/mol. The van der Waals surface area contributed by atoms with E-state index in [-0.39, 0.29) is 17.8 Å². The molecule has 2 aliphatic heterocycles. The number of ether oxygens (including phenoxy) is 4. The van der Waals surface area contributed by atoms with Crippen LogP contribution in [0.3, 0.4) is 0 Å². The van der Waals surface area contributed by atoms with Gasteiger partial charge in [0.05, 0.1) is 20.1 Å². The number of esters is 1. The van der Waals surface area contributed by atoms with Crippen molar-refractivity contribution < 1.29 is 28.5 Å². The molecule has 2 fully saturated rings. The highest BCUT2D eigenvalue weighted by atomic mass is 16.6. The Labute approximate surface area is 247 Å². The third-order valence-electron chi connectivity index (χ3n) is 7.61. The number of carbonyl (C=O) groups excluding carboxylic acids is 2. The minimum Gasteiger partial charge on any atom is -0.489 e. The third-order valence-corrected chi connectivity index (χ3v) is 7.61. The molecule has 0 unspecified atom stereocenters. The van der Waals surface area contributed by atoms with Gasteiger partial charge in [-0.3, -0.25) is 4.79 Å². The number of hydrogen-bond acceptors (Lipinski definition) is 7. The van der Waals surface area contributed by atoms with Crippen LogP contribution >= 0.6 is 0 Å². The zero-order valence-corrected chi connectivity index (χ0v) is 24.9. The lowest BCUT2D eigenvalue weighted by molar-refractivity contribution is -0.139. The van der Waals surface area contributed by atoms with E-state index in [1.54, 1.807) is 0 Å². The Hall–Kier alpha value is -4.04. The summed E-state index contributed by atoms with van der Waals surface area (Å²) in [4.78, 5) is 26.5. The van der Waals surface area contributed by atoms with Gasteiger partial charge in [-0.05, 0) is 79.8 Å². The van der Waals surface area contributed by atoms with Crippen molar-refractivity contribution in [2.75, 3.05) is 38.3 Å². The number of nitrogens with zero attached hydrogens (tertiary/aromatic N) is 1. The molecule has 2 heterocycles. The lowest BCUT2D eigenvalue weighted by atomic mass is 9.79. The van der Waals surface area contributed by atoms with Gasteiger partial charge >= 0.3 is 12.1 Å². The van der Waals surface area contributed by atoms with Gasteiger partial charge in [0.2, 0.25) is 0 Å². The number of benzene rings is 3. The minimum absolute atomic E-state index is 0.153. The molecule has 0 radical (unpaired) electrons. The molecule has 0 bridgehead atoms. The maximum absolute atomic E-state index is 12.2. The summed E-state index contributed by atoms with van der Waals surface area (Å²) in [5, 5.41) is 2.85. The molecule has 42 heavy (non-hydrogen) atoms. The Bertz CT molecular complexity index is 1420. The number of rotatable bonds is 9. The molecule has 0 aliphatic carbocycles. The van der Waals surface area contributed by atoms with E-state index >= 15 is 0 Å². The first-order chi connectivity index (χ1) is 20.1. The zero-order valence-electron chi connectivity index (χ0n) is 24.9. The topological polar surface area (TPSA) is 86.3 Å². The van der Waals surface area contributed by atoms with Gasteiger partial charge in [0.25, 0.3) is 0 Å². The van der Waals surface area contributed by atoms with E-state index in [4.69, 9.17) is 18.9 Å². The lowest BCUT2D eigenvalue weighted by Crippen LogP contribution is -2.57. The number of alkyl carbamates (subject to hydrolysis) is 1. The minimum atomic E-state index is -0.551. The van der Waals surface area contributed by atoms with Gasteiger partial charge in [-0.2, -0.15) is 0 Å². The predicted octanol–water partition coefficient (Wildman–Crippen LogP) is 5.90. The molecular formula is C34H40N2O6. The number of anilines is 1. The molecule has 3 aromatic carbocycles. The standard InChI is InChI=1S/C34H40N2O6/c1-33(2,3)42-32(38)35-19-24-8-7-10-26(14-24)28-15-25(16-29(17-28)36-21-34(22-36)12-13-40-23-34)20-41-30-11-6-5-9-27(30)18-31(37)39-4/h5-11,14-17H,12-13,18-23H2,1-4H3,(H,35,38). The second-order valence-electron chi connectivity index (χ2n) is 12.3. The molecule has 8 nitrogen and oxygen atoms in total. The summed E-state index contributed by atoms with van der Waals surface area (Å²) in [5.74, 6) is 0.357. The van der Waals surface area contributed by atoms with Gasteiger partial charge in [0, 0.05) is 42.9 Å². The molecule has 1 N–H and O–H groups in total. The second kappa shape index (κ2) is 12.4. The van der Waals surface area contributed by atoms with Crippen LogP contribution in [0, 0.1) is 5.41 Å². The van der Waals surface area contributed by atoms with E-state index in [0.29, 0.717) is 18.9 Å². The van der Waals surface area contributed by atoms with Crippen LogP contribution in [0.2, 0.25) is 0 Å². The largest absolute Gasteiger partial charge is 0.489 e.